The molecule has 14 heavy (non-hydrogen) atoms. The van der Waals surface area contributed by atoms with E-state index in [0.717, 1.165) is 12.8 Å². The largest absolute Gasteiger partial charge is 0.271 e. The van der Waals surface area contributed by atoms with E-state index in [1.54, 1.807) is 11.3 Å². The summed E-state index contributed by atoms with van der Waals surface area (Å²) in [4.78, 5) is 0. The second kappa shape index (κ2) is 4.91. The van der Waals surface area contributed by atoms with Crippen LogP contribution in [0.2, 0.25) is 0 Å². The van der Waals surface area contributed by atoms with Gasteiger partial charge in [-0.05, 0) is 40.6 Å². The van der Waals surface area contributed by atoms with Crippen LogP contribution in [-0.2, 0) is 6.42 Å². The molecule has 0 aliphatic heterocycles. The summed E-state index contributed by atoms with van der Waals surface area (Å²) >= 11 is 1.74. The van der Waals surface area contributed by atoms with Gasteiger partial charge in [-0.1, -0.05) is 20.8 Å². The average molecular weight is 212 g/mol. The van der Waals surface area contributed by atoms with E-state index < -0.39 is 0 Å². The minimum absolute atomic E-state index is 0.326. The van der Waals surface area contributed by atoms with E-state index in [0.29, 0.717) is 11.5 Å². The summed E-state index contributed by atoms with van der Waals surface area (Å²) in [5, 5.41) is 4.30. The number of hydrazine groups is 1. The van der Waals surface area contributed by atoms with E-state index in [2.05, 4.69) is 43.0 Å². The Morgan fingerprint density at radius 1 is 1.50 bits per heavy atom. The molecule has 2 nitrogen and oxygen atoms in total. The van der Waals surface area contributed by atoms with E-state index in [1.165, 1.54) is 5.56 Å². The normalized spacial score (nSPS) is 14.3. The fourth-order valence-electron chi connectivity index (χ4n) is 1.62. The van der Waals surface area contributed by atoms with E-state index >= 15 is 0 Å². The molecule has 0 aliphatic carbocycles. The van der Waals surface area contributed by atoms with E-state index in [1.807, 2.05) is 0 Å². The molecule has 3 N–H and O–H groups in total. The van der Waals surface area contributed by atoms with Gasteiger partial charge >= 0.3 is 0 Å². The number of rotatable bonds is 4. The first kappa shape index (κ1) is 11.7. The average Bonchev–Trinajstić information content (AvgIpc) is 2.53. The molecule has 1 aromatic rings. The molecule has 1 rings (SSSR count). The van der Waals surface area contributed by atoms with Crippen molar-refractivity contribution in [3.05, 3.63) is 22.4 Å². The lowest BCUT2D eigenvalue weighted by atomic mass is 9.86. The highest BCUT2D eigenvalue weighted by molar-refractivity contribution is 7.07. The molecular weight excluding hydrogens is 192 g/mol. The predicted molar refractivity (Wildman–Crippen MR) is 63.2 cm³/mol. The minimum Gasteiger partial charge on any atom is -0.271 e. The van der Waals surface area contributed by atoms with Gasteiger partial charge in [0.2, 0.25) is 0 Å². The second-order valence-corrected chi connectivity index (χ2v) is 5.74. The van der Waals surface area contributed by atoms with E-state index in [4.69, 9.17) is 5.84 Å². The fraction of sp³-hybridized carbons (Fsp3) is 0.636. The lowest BCUT2D eigenvalue weighted by Gasteiger charge is -2.25. The van der Waals surface area contributed by atoms with Crippen LogP contribution in [0.15, 0.2) is 16.8 Å². The zero-order chi connectivity index (χ0) is 10.6. The van der Waals surface area contributed by atoms with Crippen molar-refractivity contribution in [3.8, 4) is 0 Å². The van der Waals surface area contributed by atoms with Gasteiger partial charge in [0.15, 0.2) is 0 Å². The fourth-order valence-corrected chi connectivity index (χ4v) is 2.30. The first-order chi connectivity index (χ1) is 6.51. The summed E-state index contributed by atoms with van der Waals surface area (Å²) in [5.74, 6) is 5.55. The highest BCUT2D eigenvalue weighted by Gasteiger charge is 2.17. The Morgan fingerprint density at radius 3 is 2.64 bits per heavy atom. The van der Waals surface area contributed by atoms with Crippen LogP contribution in [0.5, 0.6) is 0 Å². The molecule has 0 saturated heterocycles. The van der Waals surface area contributed by atoms with Gasteiger partial charge in [0.1, 0.15) is 0 Å². The molecule has 0 saturated carbocycles. The van der Waals surface area contributed by atoms with Crippen LogP contribution in [0.25, 0.3) is 0 Å². The molecule has 1 atom stereocenters. The monoisotopic (exact) mass is 212 g/mol. The highest BCUT2D eigenvalue weighted by Crippen LogP contribution is 2.22. The van der Waals surface area contributed by atoms with Gasteiger partial charge in [-0.2, -0.15) is 11.3 Å². The van der Waals surface area contributed by atoms with Gasteiger partial charge in [0.05, 0.1) is 0 Å². The van der Waals surface area contributed by atoms with Gasteiger partial charge in [-0.25, -0.2) is 0 Å². The zero-order valence-electron chi connectivity index (χ0n) is 9.21. The third-order valence-electron chi connectivity index (χ3n) is 2.16. The molecular formula is C11H20N2S. The maximum absolute atomic E-state index is 5.55. The molecule has 0 radical (unpaired) electrons. The summed E-state index contributed by atoms with van der Waals surface area (Å²) < 4.78 is 0. The molecule has 0 bridgehead atoms. The maximum Gasteiger partial charge on any atom is 0.0256 e. The molecule has 0 amide bonds. The molecule has 1 heterocycles. The van der Waals surface area contributed by atoms with Crippen molar-refractivity contribution in [2.45, 2.75) is 39.7 Å². The van der Waals surface area contributed by atoms with Gasteiger partial charge in [0, 0.05) is 6.04 Å². The number of thiophene rings is 1. The molecule has 1 unspecified atom stereocenters. The maximum atomic E-state index is 5.55. The van der Waals surface area contributed by atoms with Crippen LogP contribution in [0.3, 0.4) is 0 Å². The zero-order valence-corrected chi connectivity index (χ0v) is 10.0. The number of hydrogen-bond donors (Lipinski definition) is 2. The standard InChI is InChI=1S/C11H20N2S/c1-11(2,3)7-10(13-12)6-9-4-5-14-8-9/h4-5,8,10,13H,6-7,12H2,1-3H3. The van der Waals surface area contributed by atoms with Crippen molar-refractivity contribution in [2.75, 3.05) is 0 Å². The number of hydrogen-bond acceptors (Lipinski definition) is 3. The van der Waals surface area contributed by atoms with Gasteiger partial charge in [-0.15, -0.1) is 0 Å². The molecule has 1 aromatic heterocycles. The Hall–Kier alpha value is -0.380. The van der Waals surface area contributed by atoms with Crippen molar-refractivity contribution in [1.29, 1.82) is 0 Å². The van der Waals surface area contributed by atoms with Crippen molar-refractivity contribution in [1.82, 2.24) is 5.43 Å². The Bertz CT molecular complexity index is 249. The first-order valence-electron chi connectivity index (χ1n) is 4.98. The Kier molecular flexibility index (Phi) is 4.11. The number of nitrogens with two attached hydrogens (primary N) is 1. The smallest absolute Gasteiger partial charge is 0.0256 e. The Morgan fingerprint density at radius 2 is 2.21 bits per heavy atom. The molecule has 3 heteroatoms. The van der Waals surface area contributed by atoms with E-state index in [-0.39, 0.29) is 0 Å². The lowest BCUT2D eigenvalue weighted by molar-refractivity contribution is 0.308. The quantitative estimate of drug-likeness (QED) is 0.594. The van der Waals surface area contributed by atoms with Gasteiger partial charge in [-0.3, -0.25) is 11.3 Å². The van der Waals surface area contributed by atoms with Crippen LogP contribution in [-0.4, -0.2) is 6.04 Å². The minimum atomic E-state index is 0.326. The summed E-state index contributed by atoms with van der Waals surface area (Å²) in [6.45, 7) is 6.72. The summed E-state index contributed by atoms with van der Waals surface area (Å²) in [6.07, 6.45) is 2.12. The van der Waals surface area contributed by atoms with Crippen LogP contribution >= 0.6 is 11.3 Å². The van der Waals surface area contributed by atoms with Crippen LogP contribution in [0, 0.1) is 5.41 Å². The third kappa shape index (κ3) is 4.22. The molecule has 80 valence electrons. The van der Waals surface area contributed by atoms with Gasteiger partial charge < -0.3 is 0 Å². The molecule has 0 spiro atoms. The molecule has 0 aliphatic rings. The topological polar surface area (TPSA) is 38.0 Å². The van der Waals surface area contributed by atoms with Gasteiger partial charge in [0.25, 0.3) is 0 Å². The Balaban J connectivity index is 2.47. The lowest BCUT2D eigenvalue weighted by Crippen LogP contribution is -2.39. The summed E-state index contributed by atoms with van der Waals surface area (Å²) in [7, 11) is 0. The summed E-state index contributed by atoms with van der Waals surface area (Å²) in [5.41, 5.74) is 4.60. The second-order valence-electron chi connectivity index (χ2n) is 4.96. The van der Waals surface area contributed by atoms with Crippen molar-refractivity contribution in [2.24, 2.45) is 11.3 Å². The predicted octanol–water partition coefficient (Wildman–Crippen LogP) is 2.56. The molecule has 0 fully saturated rings. The SMILES string of the molecule is CC(C)(C)CC(Cc1ccsc1)NN. The van der Waals surface area contributed by atoms with Crippen LogP contribution < -0.4 is 11.3 Å². The first-order valence-corrected chi connectivity index (χ1v) is 5.93. The van der Waals surface area contributed by atoms with Crippen molar-refractivity contribution < 1.29 is 0 Å². The van der Waals surface area contributed by atoms with E-state index in [9.17, 15) is 0 Å². The van der Waals surface area contributed by atoms with Crippen molar-refractivity contribution in [3.63, 3.8) is 0 Å². The Labute approximate surface area is 90.5 Å². The highest BCUT2D eigenvalue weighted by atomic mass is 32.1. The molecule has 0 aromatic carbocycles. The summed E-state index contributed by atoms with van der Waals surface area (Å²) in [6, 6.07) is 2.54. The van der Waals surface area contributed by atoms with Crippen LogP contribution in [0.1, 0.15) is 32.8 Å². The third-order valence-corrected chi connectivity index (χ3v) is 2.89. The van der Waals surface area contributed by atoms with Crippen molar-refractivity contribution >= 4 is 11.3 Å². The number of nitrogens with one attached hydrogen (secondary N) is 1. The van der Waals surface area contributed by atoms with Crippen LogP contribution in [0.4, 0.5) is 0 Å².